The third-order valence-electron chi connectivity index (χ3n) is 11.4. The Morgan fingerprint density at radius 3 is 2.63 bits per heavy atom. The molecular formula is C34H47FN6O2. The predicted molar refractivity (Wildman–Crippen MR) is 170 cm³/mol. The molecule has 2 aliphatic carbocycles. The number of nitrogens with zero attached hydrogens (tertiary/aromatic N) is 3. The van der Waals surface area contributed by atoms with E-state index in [-0.39, 0.29) is 23.7 Å². The van der Waals surface area contributed by atoms with E-state index in [4.69, 9.17) is 4.74 Å². The fraction of sp³-hybridized carbons (Fsp3) is 0.588. The Bertz CT molecular complexity index is 1520. The first-order valence-electron chi connectivity index (χ1n) is 15.9. The molecule has 3 aromatic rings. The van der Waals surface area contributed by atoms with Crippen molar-refractivity contribution in [2.75, 3.05) is 38.6 Å². The fourth-order valence-corrected chi connectivity index (χ4v) is 8.01. The molecule has 8 nitrogen and oxygen atoms in total. The Hall–Kier alpha value is -3.01. The van der Waals surface area contributed by atoms with Crippen LogP contribution in [0, 0.1) is 34.9 Å². The van der Waals surface area contributed by atoms with Crippen LogP contribution in [0.1, 0.15) is 52.6 Å². The first kappa shape index (κ1) is 30.0. The van der Waals surface area contributed by atoms with Crippen LogP contribution in [0.3, 0.4) is 0 Å². The third-order valence-corrected chi connectivity index (χ3v) is 11.4. The summed E-state index contributed by atoms with van der Waals surface area (Å²) in [7, 11) is 1.51. The van der Waals surface area contributed by atoms with Crippen molar-refractivity contribution in [3.63, 3.8) is 0 Å². The molecule has 1 aliphatic heterocycles. The van der Waals surface area contributed by atoms with Gasteiger partial charge in [-0.3, -0.25) is 19.6 Å². The molecule has 3 aliphatic rings. The Morgan fingerprint density at radius 2 is 1.91 bits per heavy atom. The number of hydrogen-bond acceptors (Lipinski definition) is 7. The molecule has 2 saturated carbocycles. The summed E-state index contributed by atoms with van der Waals surface area (Å²) in [5.41, 5.74) is 2.47. The number of methoxy groups -OCH3 is 1. The first-order chi connectivity index (χ1) is 20.6. The SMILES string of the molecule is COc1ccc(C[C@@H](C)n2cnc3cc(NC(N[C@H]4C[C@H]5C(C)C5(C)[C@@H](C)[C@@H]4C)N4CCNCC4)ccc3c2=O)c(F)c1. The maximum atomic E-state index is 14.6. The summed E-state index contributed by atoms with van der Waals surface area (Å²) in [6.07, 6.45) is 3.16. The maximum absolute atomic E-state index is 14.6. The number of fused-ring (bicyclic) bond motifs is 2. The molecular weight excluding hydrogens is 543 g/mol. The zero-order valence-corrected chi connectivity index (χ0v) is 26.4. The standard InChI is InChI=1S/C34H47FN6O2/c1-20(15-24-7-9-26(43-6)17-29(24)35)41-19-37-31-16-25(8-10-27(31)32(41)42)38-33(40-13-11-36-12-14-40)39-30-18-28-23(4)34(28,5)22(3)21(30)2/h7-10,16-17,19-23,28,30,33,36,38-39H,11-15,18H2,1-6H3/t20-,21+,22+,23?,28+,30+,33?,34?/m1/s1. The third kappa shape index (κ3) is 5.56. The van der Waals surface area contributed by atoms with Crippen molar-refractivity contribution >= 4 is 16.6 Å². The van der Waals surface area contributed by atoms with Gasteiger partial charge in [-0.1, -0.05) is 33.8 Å². The minimum Gasteiger partial charge on any atom is -0.497 e. The summed E-state index contributed by atoms with van der Waals surface area (Å²) >= 11 is 0. The van der Waals surface area contributed by atoms with E-state index in [1.165, 1.54) is 19.6 Å². The highest BCUT2D eigenvalue weighted by molar-refractivity contribution is 5.81. The van der Waals surface area contributed by atoms with Crippen molar-refractivity contribution in [2.24, 2.45) is 29.1 Å². The van der Waals surface area contributed by atoms with Gasteiger partial charge in [-0.15, -0.1) is 0 Å². The van der Waals surface area contributed by atoms with Gasteiger partial charge in [-0.05, 0) is 78.7 Å². The Balaban J connectivity index is 1.21. The molecule has 0 spiro atoms. The molecule has 1 saturated heterocycles. The summed E-state index contributed by atoms with van der Waals surface area (Å²) in [6, 6.07) is 10.8. The lowest BCUT2D eigenvalue weighted by Gasteiger charge is -2.44. The summed E-state index contributed by atoms with van der Waals surface area (Å²) < 4.78 is 21.3. The lowest BCUT2D eigenvalue weighted by Crippen LogP contribution is -2.61. The van der Waals surface area contributed by atoms with Crippen LogP contribution in [0.5, 0.6) is 5.75 Å². The predicted octanol–water partition coefficient (Wildman–Crippen LogP) is 4.85. The van der Waals surface area contributed by atoms with Gasteiger partial charge in [0.2, 0.25) is 0 Å². The molecule has 6 rings (SSSR count). The lowest BCUT2D eigenvalue weighted by atomic mass is 9.71. The molecule has 8 atom stereocenters. The molecule has 232 valence electrons. The molecule has 43 heavy (non-hydrogen) atoms. The van der Waals surface area contributed by atoms with Gasteiger partial charge in [0.05, 0.1) is 24.3 Å². The van der Waals surface area contributed by atoms with E-state index < -0.39 is 0 Å². The van der Waals surface area contributed by atoms with Gasteiger partial charge in [0, 0.05) is 50.0 Å². The minimum absolute atomic E-state index is 0.0163. The van der Waals surface area contributed by atoms with Crippen LogP contribution >= 0.6 is 0 Å². The number of halogens is 1. The summed E-state index contributed by atoms with van der Waals surface area (Å²) in [5.74, 6) is 2.97. The van der Waals surface area contributed by atoms with Gasteiger partial charge in [0.1, 0.15) is 17.9 Å². The molecule has 2 heterocycles. The Labute approximate surface area is 254 Å². The molecule has 0 bridgehead atoms. The number of anilines is 1. The van der Waals surface area contributed by atoms with Gasteiger partial charge in [-0.25, -0.2) is 9.37 Å². The summed E-state index contributed by atoms with van der Waals surface area (Å²) in [5, 5.41) is 11.8. The van der Waals surface area contributed by atoms with E-state index in [9.17, 15) is 9.18 Å². The van der Waals surface area contributed by atoms with Gasteiger partial charge in [0.15, 0.2) is 0 Å². The lowest BCUT2D eigenvalue weighted by molar-refractivity contribution is 0.0891. The van der Waals surface area contributed by atoms with Crippen molar-refractivity contribution in [1.29, 1.82) is 0 Å². The number of rotatable bonds is 9. The van der Waals surface area contributed by atoms with Crippen LogP contribution in [0.25, 0.3) is 10.9 Å². The number of nitrogens with one attached hydrogen (secondary N) is 3. The fourth-order valence-electron chi connectivity index (χ4n) is 8.01. The van der Waals surface area contributed by atoms with E-state index in [0.717, 1.165) is 43.7 Å². The van der Waals surface area contributed by atoms with E-state index in [1.54, 1.807) is 23.0 Å². The Morgan fingerprint density at radius 1 is 1.14 bits per heavy atom. The van der Waals surface area contributed by atoms with Crippen LogP contribution in [0.15, 0.2) is 47.5 Å². The second-order valence-corrected chi connectivity index (χ2v) is 13.5. The van der Waals surface area contributed by atoms with Crippen molar-refractivity contribution in [1.82, 2.24) is 25.1 Å². The van der Waals surface area contributed by atoms with Crippen molar-refractivity contribution in [3.8, 4) is 5.75 Å². The van der Waals surface area contributed by atoms with Crippen LogP contribution in [0.2, 0.25) is 0 Å². The largest absolute Gasteiger partial charge is 0.497 e. The van der Waals surface area contributed by atoms with Gasteiger partial charge in [0.25, 0.3) is 5.56 Å². The second-order valence-electron chi connectivity index (χ2n) is 13.5. The van der Waals surface area contributed by atoms with E-state index >= 15 is 0 Å². The normalized spacial score (nSPS) is 30.4. The van der Waals surface area contributed by atoms with Crippen LogP contribution < -0.4 is 26.2 Å². The monoisotopic (exact) mass is 590 g/mol. The zero-order chi connectivity index (χ0) is 30.5. The topological polar surface area (TPSA) is 83.4 Å². The van der Waals surface area contributed by atoms with E-state index in [0.29, 0.717) is 51.9 Å². The van der Waals surface area contributed by atoms with Gasteiger partial charge >= 0.3 is 0 Å². The molecule has 0 radical (unpaired) electrons. The van der Waals surface area contributed by atoms with Crippen molar-refractivity contribution < 1.29 is 9.13 Å². The van der Waals surface area contributed by atoms with Crippen LogP contribution in [-0.2, 0) is 6.42 Å². The average Bonchev–Trinajstić information content (AvgIpc) is 3.55. The van der Waals surface area contributed by atoms with Crippen molar-refractivity contribution in [3.05, 3.63) is 64.5 Å². The van der Waals surface area contributed by atoms with Gasteiger partial charge in [-0.2, -0.15) is 0 Å². The summed E-state index contributed by atoms with van der Waals surface area (Å²) in [4.78, 5) is 20.7. The molecule has 0 amide bonds. The highest BCUT2D eigenvalue weighted by atomic mass is 19.1. The number of hydrogen-bond donors (Lipinski definition) is 3. The number of aromatic nitrogens is 2. The number of piperazine rings is 1. The first-order valence-corrected chi connectivity index (χ1v) is 15.9. The van der Waals surface area contributed by atoms with Crippen LogP contribution in [-0.4, -0.2) is 60.1 Å². The number of ether oxygens (including phenoxy) is 1. The molecule has 1 aromatic heterocycles. The molecule has 3 unspecified atom stereocenters. The highest BCUT2D eigenvalue weighted by Crippen LogP contribution is 2.69. The van der Waals surface area contributed by atoms with E-state index in [1.807, 2.05) is 25.1 Å². The highest BCUT2D eigenvalue weighted by Gasteiger charge is 2.65. The molecule has 2 aromatic carbocycles. The Kier molecular flexibility index (Phi) is 8.26. The maximum Gasteiger partial charge on any atom is 0.261 e. The molecule has 3 fully saturated rings. The minimum atomic E-state index is -0.339. The number of benzene rings is 2. The van der Waals surface area contributed by atoms with E-state index in [2.05, 4.69) is 53.5 Å². The molecule has 9 heteroatoms. The summed E-state index contributed by atoms with van der Waals surface area (Å²) in [6.45, 7) is 15.5. The van der Waals surface area contributed by atoms with Crippen LogP contribution in [0.4, 0.5) is 10.1 Å². The van der Waals surface area contributed by atoms with Gasteiger partial charge < -0.3 is 15.4 Å². The zero-order valence-electron chi connectivity index (χ0n) is 26.4. The van der Waals surface area contributed by atoms with Crippen molar-refractivity contribution in [2.45, 2.75) is 65.8 Å². The smallest absolute Gasteiger partial charge is 0.261 e. The molecule has 3 N–H and O–H groups in total. The second kappa shape index (κ2) is 11.8. The quantitative estimate of drug-likeness (QED) is 0.307. The average molecular weight is 591 g/mol.